The third kappa shape index (κ3) is 4.39. The van der Waals surface area contributed by atoms with Gasteiger partial charge in [0.2, 0.25) is 0 Å². The zero-order valence-corrected chi connectivity index (χ0v) is 14.7. The SMILES string of the molecule is C[C@H](O)c1nccn1Cc1cc(-c2ccc(C#CCCCN)cc2)on1. The minimum atomic E-state index is -0.630. The maximum absolute atomic E-state index is 9.73. The Morgan fingerprint density at radius 3 is 2.85 bits per heavy atom. The molecule has 0 aliphatic carbocycles. The van der Waals surface area contributed by atoms with Gasteiger partial charge in [-0.15, -0.1) is 0 Å². The van der Waals surface area contributed by atoms with Crippen LogP contribution in [-0.4, -0.2) is 26.4 Å². The van der Waals surface area contributed by atoms with Gasteiger partial charge in [-0.05, 0) is 44.2 Å². The fraction of sp³-hybridized carbons (Fsp3) is 0.300. The maximum atomic E-state index is 9.73. The summed E-state index contributed by atoms with van der Waals surface area (Å²) in [6.07, 6.45) is 4.58. The Balaban J connectivity index is 1.69. The highest BCUT2D eigenvalue weighted by molar-refractivity contribution is 5.59. The van der Waals surface area contributed by atoms with E-state index >= 15 is 0 Å². The maximum Gasteiger partial charge on any atom is 0.167 e. The molecule has 2 heterocycles. The predicted octanol–water partition coefficient (Wildman–Crippen LogP) is 2.73. The number of aliphatic hydroxyl groups excluding tert-OH is 1. The van der Waals surface area contributed by atoms with Gasteiger partial charge >= 0.3 is 0 Å². The van der Waals surface area contributed by atoms with E-state index in [-0.39, 0.29) is 0 Å². The van der Waals surface area contributed by atoms with Crippen molar-refractivity contribution in [3.05, 3.63) is 59.8 Å². The lowest BCUT2D eigenvalue weighted by Gasteiger charge is -2.07. The highest BCUT2D eigenvalue weighted by atomic mass is 16.5. The number of hydrogen-bond donors (Lipinski definition) is 2. The Morgan fingerprint density at radius 2 is 2.12 bits per heavy atom. The number of aromatic nitrogens is 3. The molecule has 2 aromatic heterocycles. The standard InChI is InChI=1S/C20H22N4O2/c1-15(25)20-22-11-12-24(20)14-18-13-19(26-23-18)17-8-6-16(7-9-17)5-3-2-4-10-21/h6-9,11-13,15,25H,2,4,10,14,21H2,1H3/t15-/m0/s1. The van der Waals surface area contributed by atoms with Crippen molar-refractivity contribution in [3.63, 3.8) is 0 Å². The monoisotopic (exact) mass is 350 g/mol. The molecule has 3 N–H and O–H groups in total. The van der Waals surface area contributed by atoms with Crippen molar-refractivity contribution in [3.8, 4) is 23.2 Å². The Hall–Kier alpha value is -2.88. The quantitative estimate of drug-likeness (QED) is 0.527. The largest absolute Gasteiger partial charge is 0.385 e. The van der Waals surface area contributed by atoms with E-state index in [0.717, 1.165) is 29.7 Å². The van der Waals surface area contributed by atoms with Gasteiger partial charge in [0.1, 0.15) is 17.6 Å². The molecule has 0 saturated carbocycles. The van der Waals surface area contributed by atoms with E-state index in [0.29, 0.717) is 24.7 Å². The highest BCUT2D eigenvalue weighted by Gasteiger charge is 2.12. The number of hydrogen-bond acceptors (Lipinski definition) is 5. The second kappa shape index (κ2) is 8.48. The summed E-state index contributed by atoms with van der Waals surface area (Å²) in [6, 6.07) is 9.77. The van der Waals surface area contributed by atoms with E-state index in [1.54, 1.807) is 13.1 Å². The van der Waals surface area contributed by atoms with Gasteiger partial charge in [-0.3, -0.25) is 0 Å². The Labute approximate surface area is 152 Å². The normalized spacial score (nSPS) is 11.8. The molecule has 134 valence electrons. The van der Waals surface area contributed by atoms with Gasteiger partial charge in [-0.1, -0.05) is 17.0 Å². The number of benzene rings is 1. The molecule has 0 radical (unpaired) electrons. The number of nitrogens with zero attached hydrogens (tertiary/aromatic N) is 3. The molecule has 6 heteroatoms. The number of imidazole rings is 1. The van der Waals surface area contributed by atoms with Gasteiger partial charge in [-0.2, -0.15) is 0 Å². The number of rotatable bonds is 6. The van der Waals surface area contributed by atoms with E-state index in [9.17, 15) is 5.11 Å². The van der Waals surface area contributed by atoms with Gasteiger partial charge in [0.25, 0.3) is 0 Å². The van der Waals surface area contributed by atoms with E-state index in [1.807, 2.05) is 41.1 Å². The first-order chi connectivity index (χ1) is 12.7. The third-order valence-electron chi connectivity index (χ3n) is 3.92. The number of nitrogens with two attached hydrogens (primary N) is 1. The molecular weight excluding hydrogens is 328 g/mol. The predicted molar refractivity (Wildman–Crippen MR) is 99.1 cm³/mol. The van der Waals surface area contributed by atoms with Crippen molar-refractivity contribution in [1.82, 2.24) is 14.7 Å². The van der Waals surface area contributed by atoms with Gasteiger partial charge in [0, 0.05) is 36.0 Å². The van der Waals surface area contributed by atoms with Gasteiger partial charge in [0.15, 0.2) is 5.76 Å². The lowest BCUT2D eigenvalue weighted by atomic mass is 10.1. The molecule has 3 rings (SSSR count). The minimum Gasteiger partial charge on any atom is -0.385 e. The van der Waals surface area contributed by atoms with Crippen LogP contribution in [0.3, 0.4) is 0 Å². The first kappa shape index (κ1) is 17.9. The zero-order chi connectivity index (χ0) is 18.4. The average molecular weight is 350 g/mol. The second-order valence-electron chi connectivity index (χ2n) is 6.04. The molecule has 1 aromatic carbocycles. The summed E-state index contributed by atoms with van der Waals surface area (Å²) in [4.78, 5) is 4.16. The van der Waals surface area contributed by atoms with Crippen LogP contribution in [0.25, 0.3) is 11.3 Å². The highest BCUT2D eigenvalue weighted by Crippen LogP contribution is 2.22. The van der Waals surface area contributed by atoms with Crippen LogP contribution in [0.4, 0.5) is 0 Å². The fourth-order valence-corrected chi connectivity index (χ4v) is 2.59. The summed E-state index contributed by atoms with van der Waals surface area (Å²) in [5.74, 6) is 7.53. The van der Waals surface area contributed by atoms with Crippen molar-refractivity contribution >= 4 is 0 Å². The van der Waals surface area contributed by atoms with Crippen LogP contribution in [0.1, 0.15) is 43.0 Å². The summed E-state index contributed by atoms with van der Waals surface area (Å²) >= 11 is 0. The molecular formula is C20H22N4O2. The van der Waals surface area contributed by atoms with Crippen LogP contribution in [0.5, 0.6) is 0 Å². The Bertz CT molecular complexity index is 898. The van der Waals surface area contributed by atoms with E-state index < -0.39 is 6.10 Å². The van der Waals surface area contributed by atoms with Crippen LogP contribution in [-0.2, 0) is 6.54 Å². The van der Waals surface area contributed by atoms with Crippen molar-refractivity contribution in [2.24, 2.45) is 5.73 Å². The Morgan fingerprint density at radius 1 is 1.31 bits per heavy atom. The lowest BCUT2D eigenvalue weighted by Crippen LogP contribution is -2.07. The molecule has 6 nitrogen and oxygen atoms in total. The molecule has 0 spiro atoms. The Kier molecular flexibility index (Phi) is 5.84. The smallest absolute Gasteiger partial charge is 0.167 e. The molecule has 0 bridgehead atoms. The molecule has 0 saturated heterocycles. The molecule has 1 atom stereocenters. The number of unbranched alkanes of at least 4 members (excludes halogenated alkanes) is 1. The molecule has 0 fully saturated rings. The van der Waals surface area contributed by atoms with Crippen LogP contribution < -0.4 is 5.73 Å². The minimum absolute atomic E-state index is 0.494. The topological polar surface area (TPSA) is 90.1 Å². The summed E-state index contributed by atoms with van der Waals surface area (Å²) in [7, 11) is 0. The molecule has 0 aliphatic heterocycles. The van der Waals surface area contributed by atoms with E-state index in [2.05, 4.69) is 22.0 Å². The fourth-order valence-electron chi connectivity index (χ4n) is 2.59. The van der Waals surface area contributed by atoms with Crippen LogP contribution in [0, 0.1) is 11.8 Å². The number of aliphatic hydroxyl groups is 1. The van der Waals surface area contributed by atoms with Gasteiger partial charge in [-0.25, -0.2) is 4.98 Å². The second-order valence-corrected chi connectivity index (χ2v) is 6.04. The summed E-state index contributed by atoms with van der Waals surface area (Å²) in [5, 5.41) is 13.8. The summed E-state index contributed by atoms with van der Waals surface area (Å²) in [6.45, 7) is 2.85. The summed E-state index contributed by atoms with van der Waals surface area (Å²) < 4.78 is 7.31. The van der Waals surface area contributed by atoms with Gasteiger partial charge in [0.05, 0.1) is 6.54 Å². The average Bonchev–Trinajstić information content (AvgIpc) is 3.29. The van der Waals surface area contributed by atoms with Crippen molar-refractivity contribution in [2.45, 2.75) is 32.4 Å². The summed E-state index contributed by atoms with van der Waals surface area (Å²) in [5.41, 5.74) is 8.13. The van der Waals surface area contributed by atoms with Crippen LogP contribution in [0.15, 0.2) is 47.2 Å². The van der Waals surface area contributed by atoms with Gasteiger partial charge < -0.3 is 19.9 Å². The lowest BCUT2D eigenvalue weighted by molar-refractivity contribution is 0.184. The third-order valence-corrected chi connectivity index (χ3v) is 3.92. The molecule has 0 unspecified atom stereocenters. The van der Waals surface area contributed by atoms with Crippen molar-refractivity contribution in [1.29, 1.82) is 0 Å². The van der Waals surface area contributed by atoms with Crippen molar-refractivity contribution < 1.29 is 9.63 Å². The van der Waals surface area contributed by atoms with E-state index in [4.69, 9.17) is 10.3 Å². The molecule has 3 aromatic rings. The molecule has 0 amide bonds. The first-order valence-electron chi connectivity index (χ1n) is 8.61. The van der Waals surface area contributed by atoms with Crippen LogP contribution in [0.2, 0.25) is 0 Å². The van der Waals surface area contributed by atoms with Crippen LogP contribution >= 0.6 is 0 Å². The molecule has 0 aliphatic rings. The molecule has 26 heavy (non-hydrogen) atoms. The zero-order valence-electron chi connectivity index (χ0n) is 14.7. The first-order valence-corrected chi connectivity index (χ1v) is 8.61. The van der Waals surface area contributed by atoms with Crippen molar-refractivity contribution in [2.75, 3.05) is 6.54 Å². The van der Waals surface area contributed by atoms with E-state index in [1.165, 1.54) is 0 Å².